The minimum absolute atomic E-state index is 0.473. The molecule has 2 heteroatoms. The van der Waals surface area contributed by atoms with E-state index in [1.165, 1.54) is 28.8 Å². The Morgan fingerprint density at radius 1 is 0.700 bits per heavy atom. The van der Waals surface area contributed by atoms with E-state index in [2.05, 4.69) is 114 Å². The molecule has 0 N–H and O–H groups in total. The molecule has 0 amide bonds. The van der Waals surface area contributed by atoms with Crippen molar-refractivity contribution in [1.29, 1.82) is 0 Å². The van der Waals surface area contributed by atoms with E-state index in [0.29, 0.717) is 5.92 Å². The third-order valence-electron chi connectivity index (χ3n) is 6.25. The van der Waals surface area contributed by atoms with E-state index in [1.807, 2.05) is 6.33 Å². The van der Waals surface area contributed by atoms with Gasteiger partial charge >= 0.3 is 0 Å². The highest BCUT2D eigenvalue weighted by Crippen LogP contribution is 2.41. The van der Waals surface area contributed by atoms with Crippen LogP contribution in [0.15, 0.2) is 116 Å². The molecular weight excluding hydrogens is 364 g/mol. The number of aromatic nitrogens is 2. The predicted molar refractivity (Wildman–Crippen MR) is 123 cm³/mol. The summed E-state index contributed by atoms with van der Waals surface area (Å²) in [6, 6.07) is 32.3. The third kappa shape index (κ3) is 3.19. The Balaban J connectivity index is 1.76. The summed E-state index contributed by atoms with van der Waals surface area (Å²) in [5.74, 6) is 0.497. The van der Waals surface area contributed by atoms with Crippen LogP contribution in [0, 0.1) is 0 Å². The quantitative estimate of drug-likeness (QED) is 0.279. The fraction of sp³-hybridized carbons (Fsp3) is 0.179. The van der Waals surface area contributed by atoms with Gasteiger partial charge in [0.15, 0.2) is 0 Å². The van der Waals surface area contributed by atoms with E-state index in [4.69, 9.17) is 4.98 Å². The summed E-state index contributed by atoms with van der Waals surface area (Å²) in [6.07, 6.45) is 12.3. The molecule has 1 aromatic heterocycles. The van der Waals surface area contributed by atoms with Gasteiger partial charge in [-0.1, -0.05) is 103 Å². The molecule has 30 heavy (non-hydrogen) atoms. The van der Waals surface area contributed by atoms with Gasteiger partial charge in [-0.15, -0.1) is 0 Å². The van der Waals surface area contributed by atoms with Crippen molar-refractivity contribution >= 4 is 0 Å². The Hall–Kier alpha value is -3.39. The molecule has 0 saturated heterocycles. The molecule has 1 atom stereocenters. The lowest BCUT2D eigenvalue weighted by atomic mass is 9.76. The highest BCUT2D eigenvalue weighted by Gasteiger charge is 2.38. The SMILES string of the molecule is C1=CCC(c2cn(C(c3ccccc3)(c3ccccc3)c3ccccc3)cn2)CC1. The van der Waals surface area contributed by atoms with Crippen LogP contribution in [-0.2, 0) is 5.54 Å². The number of nitrogens with zero attached hydrogens (tertiary/aromatic N) is 2. The van der Waals surface area contributed by atoms with Gasteiger partial charge in [0, 0.05) is 12.1 Å². The maximum atomic E-state index is 4.91. The Kier molecular flexibility index (Phi) is 5.06. The molecule has 0 fully saturated rings. The van der Waals surface area contributed by atoms with Gasteiger partial charge in [-0.05, 0) is 36.0 Å². The van der Waals surface area contributed by atoms with Gasteiger partial charge in [0.05, 0.1) is 12.0 Å². The van der Waals surface area contributed by atoms with Crippen molar-refractivity contribution in [2.24, 2.45) is 0 Å². The summed E-state index contributed by atoms with van der Waals surface area (Å²) >= 11 is 0. The maximum Gasteiger partial charge on any atom is 0.121 e. The van der Waals surface area contributed by atoms with Crippen molar-refractivity contribution in [2.75, 3.05) is 0 Å². The van der Waals surface area contributed by atoms with Crippen LogP contribution in [0.25, 0.3) is 0 Å². The van der Waals surface area contributed by atoms with Crippen LogP contribution in [0.1, 0.15) is 47.6 Å². The highest BCUT2D eigenvalue weighted by molar-refractivity contribution is 5.50. The Labute approximate surface area is 178 Å². The molecule has 1 heterocycles. The summed E-state index contributed by atoms with van der Waals surface area (Å²) in [5, 5.41) is 0. The van der Waals surface area contributed by atoms with E-state index in [1.54, 1.807) is 0 Å². The maximum absolute atomic E-state index is 4.91. The van der Waals surface area contributed by atoms with E-state index >= 15 is 0 Å². The molecule has 0 radical (unpaired) electrons. The van der Waals surface area contributed by atoms with Crippen LogP contribution in [-0.4, -0.2) is 9.55 Å². The van der Waals surface area contributed by atoms with Crippen molar-refractivity contribution in [2.45, 2.75) is 30.7 Å². The smallest absolute Gasteiger partial charge is 0.121 e. The molecule has 4 aromatic rings. The molecule has 5 rings (SSSR count). The van der Waals surface area contributed by atoms with Crippen LogP contribution in [0.5, 0.6) is 0 Å². The zero-order valence-electron chi connectivity index (χ0n) is 17.1. The second kappa shape index (κ2) is 8.16. The predicted octanol–water partition coefficient (Wildman–Crippen LogP) is 6.55. The first-order valence-electron chi connectivity index (χ1n) is 10.7. The summed E-state index contributed by atoms with van der Waals surface area (Å²) in [6.45, 7) is 0. The number of hydrogen-bond acceptors (Lipinski definition) is 1. The van der Waals surface area contributed by atoms with Crippen LogP contribution in [0.3, 0.4) is 0 Å². The van der Waals surface area contributed by atoms with Gasteiger partial charge in [-0.3, -0.25) is 0 Å². The van der Waals surface area contributed by atoms with Gasteiger partial charge in [-0.2, -0.15) is 0 Å². The van der Waals surface area contributed by atoms with Crippen molar-refractivity contribution in [1.82, 2.24) is 9.55 Å². The monoisotopic (exact) mass is 390 g/mol. The molecule has 1 aliphatic carbocycles. The number of benzene rings is 3. The van der Waals surface area contributed by atoms with Crippen molar-refractivity contribution < 1.29 is 0 Å². The first-order valence-corrected chi connectivity index (χ1v) is 10.7. The molecule has 1 unspecified atom stereocenters. The van der Waals surface area contributed by atoms with Gasteiger partial charge in [0.25, 0.3) is 0 Å². The number of imidazole rings is 1. The van der Waals surface area contributed by atoms with Gasteiger partial charge in [0.1, 0.15) is 5.54 Å². The van der Waals surface area contributed by atoms with E-state index < -0.39 is 5.54 Å². The summed E-state index contributed by atoms with van der Waals surface area (Å²) < 4.78 is 2.32. The van der Waals surface area contributed by atoms with Crippen LogP contribution in [0.2, 0.25) is 0 Å². The van der Waals surface area contributed by atoms with Gasteiger partial charge in [-0.25, -0.2) is 4.98 Å². The van der Waals surface area contributed by atoms with Crippen molar-refractivity contribution in [3.8, 4) is 0 Å². The minimum atomic E-state index is -0.473. The lowest BCUT2D eigenvalue weighted by Crippen LogP contribution is -2.37. The lowest BCUT2D eigenvalue weighted by molar-refractivity contribution is 0.512. The molecule has 1 aliphatic rings. The normalized spacial score (nSPS) is 16.5. The second-order valence-corrected chi connectivity index (χ2v) is 8.00. The van der Waals surface area contributed by atoms with Crippen LogP contribution >= 0.6 is 0 Å². The lowest BCUT2D eigenvalue weighted by Gasteiger charge is -2.37. The van der Waals surface area contributed by atoms with Crippen molar-refractivity contribution in [3.63, 3.8) is 0 Å². The first-order chi connectivity index (χ1) is 14.9. The molecule has 0 bridgehead atoms. The average molecular weight is 391 g/mol. The van der Waals surface area contributed by atoms with E-state index in [-0.39, 0.29) is 0 Å². The van der Waals surface area contributed by atoms with Gasteiger partial charge in [0.2, 0.25) is 0 Å². The second-order valence-electron chi connectivity index (χ2n) is 8.00. The molecular formula is C28H26N2. The topological polar surface area (TPSA) is 17.8 Å². The molecule has 0 spiro atoms. The molecule has 148 valence electrons. The molecule has 2 nitrogen and oxygen atoms in total. The minimum Gasteiger partial charge on any atom is -0.319 e. The Bertz CT molecular complexity index is 1010. The first kappa shape index (κ1) is 18.6. The average Bonchev–Trinajstić information content (AvgIpc) is 3.33. The Morgan fingerprint density at radius 2 is 1.23 bits per heavy atom. The van der Waals surface area contributed by atoms with Crippen LogP contribution < -0.4 is 0 Å². The largest absolute Gasteiger partial charge is 0.319 e. The third-order valence-corrected chi connectivity index (χ3v) is 6.25. The standard InChI is InChI=1S/C28H26N2/c1-5-13-23(14-6-1)27-21-30(22-29-27)28(24-15-7-2-8-16-24,25-17-9-3-10-18-25)26-19-11-4-12-20-26/h1-5,7-12,15-23H,6,13-14H2. The van der Waals surface area contributed by atoms with E-state index in [9.17, 15) is 0 Å². The molecule has 0 aliphatic heterocycles. The summed E-state index contributed by atoms with van der Waals surface area (Å²) in [4.78, 5) is 4.91. The summed E-state index contributed by atoms with van der Waals surface area (Å²) in [7, 11) is 0. The van der Waals surface area contributed by atoms with Crippen LogP contribution in [0.4, 0.5) is 0 Å². The van der Waals surface area contributed by atoms with Crippen molar-refractivity contribution in [3.05, 3.63) is 138 Å². The zero-order chi connectivity index (χ0) is 20.2. The molecule has 0 saturated carbocycles. The number of rotatable bonds is 5. The van der Waals surface area contributed by atoms with Gasteiger partial charge < -0.3 is 4.57 Å². The zero-order valence-corrected chi connectivity index (χ0v) is 17.1. The number of allylic oxidation sites excluding steroid dienone is 2. The Morgan fingerprint density at radius 3 is 1.70 bits per heavy atom. The summed E-state index contributed by atoms with van der Waals surface area (Å²) in [5.41, 5.74) is 4.41. The number of hydrogen-bond donors (Lipinski definition) is 0. The fourth-order valence-electron chi connectivity index (χ4n) is 4.78. The highest BCUT2D eigenvalue weighted by atomic mass is 15.1. The fourth-order valence-corrected chi connectivity index (χ4v) is 4.78. The molecule has 3 aromatic carbocycles. The van der Waals surface area contributed by atoms with E-state index in [0.717, 1.165) is 12.8 Å².